The molecule has 0 radical (unpaired) electrons. The van der Waals surface area contributed by atoms with E-state index in [1.807, 2.05) is 26.0 Å². The summed E-state index contributed by atoms with van der Waals surface area (Å²) in [7, 11) is 0. The number of halogens is 1. The molecule has 28 heavy (non-hydrogen) atoms. The van der Waals surface area contributed by atoms with Crippen LogP contribution in [-0.2, 0) is 16.0 Å². The fourth-order valence-corrected chi connectivity index (χ4v) is 3.46. The number of amides is 4. The molecule has 1 aliphatic heterocycles. The molecule has 1 heterocycles. The minimum Gasteiger partial charge on any atom is -0.493 e. The van der Waals surface area contributed by atoms with Gasteiger partial charge in [0.1, 0.15) is 11.3 Å². The molecule has 6 nitrogen and oxygen atoms in total. The van der Waals surface area contributed by atoms with E-state index in [9.17, 15) is 14.4 Å². The van der Waals surface area contributed by atoms with Crippen LogP contribution in [0.3, 0.4) is 0 Å². The maximum Gasteiger partial charge on any atom is 0.335 e. The molecule has 0 bridgehead atoms. The Kier molecular flexibility index (Phi) is 5.94. The Balaban J connectivity index is 2.00. The molecule has 2 aromatic carbocycles. The van der Waals surface area contributed by atoms with Crippen LogP contribution in [0.2, 0.25) is 0 Å². The molecule has 0 aromatic heterocycles. The molecular formula is C21H19BrN2O4. The van der Waals surface area contributed by atoms with Crippen molar-refractivity contribution in [2.24, 2.45) is 0 Å². The average molecular weight is 443 g/mol. The van der Waals surface area contributed by atoms with E-state index in [2.05, 4.69) is 21.2 Å². The Bertz CT molecular complexity index is 984. The monoisotopic (exact) mass is 442 g/mol. The van der Waals surface area contributed by atoms with Crippen LogP contribution >= 0.6 is 15.9 Å². The SMILES string of the molecule is CCOc1ccc(/C=C2/C(=O)NC(=O)N(c3ccccc3CC)C2=O)cc1Br. The second kappa shape index (κ2) is 8.39. The Hall–Kier alpha value is -2.93. The Morgan fingerprint density at radius 1 is 1.11 bits per heavy atom. The van der Waals surface area contributed by atoms with Crippen LogP contribution in [-0.4, -0.2) is 24.5 Å². The van der Waals surface area contributed by atoms with Crippen LogP contribution in [0.15, 0.2) is 52.5 Å². The van der Waals surface area contributed by atoms with Crippen molar-refractivity contribution in [2.45, 2.75) is 20.3 Å². The number of ether oxygens (including phenoxy) is 1. The normalized spacial score (nSPS) is 15.8. The largest absolute Gasteiger partial charge is 0.493 e. The van der Waals surface area contributed by atoms with E-state index in [-0.39, 0.29) is 5.57 Å². The molecule has 1 aliphatic rings. The van der Waals surface area contributed by atoms with E-state index in [1.54, 1.807) is 30.3 Å². The molecule has 4 amide bonds. The van der Waals surface area contributed by atoms with Gasteiger partial charge in [-0.05, 0) is 64.7 Å². The summed E-state index contributed by atoms with van der Waals surface area (Å²) in [5, 5.41) is 2.25. The first-order valence-electron chi connectivity index (χ1n) is 8.88. The second-order valence-electron chi connectivity index (χ2n) is 6.06. The molecular weight excluding hydrogens is 424 g/mol. The van der Waals surface area contributed by atoms with Crippen LogP contribution < -0.4 is 15.0 Å². The third kappa shape index (κ3) is 3.84. The van der Waals surface area contributed by atoms with Gasteiger partial charge < -0.3 is 4.74 Å². The van der Waals surface area contributed by atoms with Gasteiger partial charge in [-0.2, -0.15) is 0 Å². The fraction of sp³-hybridized carbons (Fsp3) is 0.190. The minimum atomic E-state index is -0.749. The summed E-state index contributed by atoms with van der Waals surface area (Å²) in [5.74, 6) is -0.706. The lowest BCUT2D eigenvalue weighted by Gasteiger charge is -2.28. The number of urea groups is 1. The molecule has 144 valence electrons. The molecule has 3 rings (SSSR count). The van der Waals surface area contributed by atoms with Crippen molar-refractivity contribution >= 4 is 45.5 Å². The molecule has 0 aliphatic carbocycles. The highest BCUT2D eigenvalue weighted by molar-refractivity contribution is 9.10. The predicted octanol–water partition coefficient (Wildman–Crippen LogP) is 4.08. The number of imide groups is 2. The first kappa shape index (κ1) is 19.8. The number of nitrogens with zero attached hydrogens (tertiary/aromatic N) is 1. The van der Waals surface area contributed by atoms with Crippen molar-refractivity contribution in [1.82, 2.24) is 5.32 Å². The summed E-state index contributed by atoms with van der Waals surface area (Å²) in [5.41, 5.74) is 1.83. The van der Waals surface area contributed by atoms with E-state index in [1.165, 1.54) is 6.08 Å². The average Bonchev–Trinajstić information content (AvgIpc) is 2.67. The smallest absolute Gasteiger partial charge is 0.335 e. The number of hydrogen-bond acceptors (Lipinski definition) is 4. The number of anilines is 1. The van der Waals surface area contributed by atoms with Crippen molar-refractivity contribution in [3.63, 3.8) is 0 Å². The van der Waals surface area contributed by atoms with E-state index in [0.717, 1.165) is 10.5 Å². The van der Waals surface area contributed by atoms with Crippen molar-refractivity contribution in [3.05, 3.63) is 63.6 Å². The number of benzene rings is 2. The van der Waals surface area contributed by atoms with Crippen LogP contribution in [0.25, 0.3) is 6.08 Å². The van der Waals surface area contributed by atoms with Gasteiger partial charge in [-0.3, -0.25) is 14.9 Å². The standard InChI is InChI=1S/C21H19BrN2O4/c1-3-14-7-5-6-8-17(14)24-20(26)15(19(25)23-21(24)27)11-13-9-10-18(28-4-2)16(22)12-13/h5-12H,3-4H2,1-2H3,(H,23,25,27)/b15-11-. The molecule has 1 fully saturated rings. The lowest BCUT2D eigenvalue weighted by atomic mass is 10.0. The van der Waals surface area contributed by atoms with Crippen molar-refractivity contribution in [1.29, 1.82) is 0 Å². The van der Waals surface area contributed by atoms with Crippen molar-refractivity contribution < 1.29 is 19.1 Å². The van der Waals surface area contributed by atoms with Gasteiger partial charge in [-0.1, -0.05) is 31.2 Å². The molecule has 2 aromatic rings. The van der Waals surface area contributed by atoms with Gasteiger partial charge in [-0.25, -0.2) is 9.69 Å². The zero-order chi connectivity index (χ0) is 20.3. The van der Waals surface area contributed by atoms with E-state index in [4.69, 9.17) is 4.74 Å². The topological polar surface area (TPSA) is 75.7 Å². The molecule has 1 N–H and O–H groups in total. The first-order valence-corrected chi connectivity index (χ1v) is 9.67. The molecule has 0 atom stereocenters. The quantitative estimate of drug-likeness (QED) is 0.559. The predicted molar refractivity (Wildman–Crippen MR) is 110 cm³/mol. The molecule has 7 heteroatoms. The van der Waals surface area contributed by atoms with Gasteiger partial charge in [0.15, 0.2) is 0 Å². The van der Waals surface area contributed by atoms with Crippen LogP contribution in [0, 0.1) is 0 Å². The van der Waals surface area contributed by atoms with Gasteiger partial charge in [0.25, 0.3) is 11.8 Å². The Morgan fingerprint density at radius 3 is 2.54 bits per heavy atom. The van der Waals surface area contributed by atoms with Crippen LogP contribution in [0.1, 0.15) is 25.0 Å². The number of hydrogen-bond donors (Lipinski definition) is 1. The zero-order valence-corrected chi connectivity index (χ0v) is 17.1. The number of aryl methyl sites for hydroxylation is 1. The lowest BCUT2D eigenvalue weighted by Crippen LogP contribution is -2.54. The highest BCUT2D eigenvalue weighted by Crippen LogP contribution is 2.29. The van der Waals surface area contributed by atoms with Crippen molar-refractivity contribution in [3.8, 4) is 5.75 Å². The summed E-state index contributed by atoms with van der Waals surface area (Å²) < 4.78 is 6.18. The fourth-order valence-electron chi connectivity index (χ4n) is 2.95. The molecule has 1 saturated heterocycles. The molecule has 0 unspecified atom stereocenters. The number of carbonyl (C=O) groups excluding carboxylic acids is 3. The van der Waals surface area contributed by atoms with Gasteiger partial charge in [-0.15, -0.1) is 0 Å². The van der Waals surface area contributed by atoms with Gasteiger partial charge in [0.05, 0.1) is 16.8 Å². The van der Waals surface area contributed by atoms with Crippen LogP contribution in [0.5, 0.6) is 5.75 Å². The van der Waals surface area contributed by atoms with Crippen LogP contribution in [0.4, 0.5) is 10.5 Å². The van der Waals surface area contributed by atoms with Gasteiger partial charge in [0, 0.05) is 0 Å². The van der Waals surface area contributed by atoms with E-state index < -0.39 is 17.8 Å². The summed E-state index contributed by atoms with van der Waals surface area (Å²) >= 11 is 3.42. The van der Waals surface area contributed by atoms with E-state index >= 15 is 0 Å². The summed E-state index contributed by atoms with van der Waals surface area (Å²) in [6.45, 7) is 4.34. The maximum atomic E-state index is 13.0. The third-order valence-electron chi connectivity index (χ3n) is 4.28. The first-order chi connectivity index (χ1) is 13.5. The Morgan fingerprint density at radius 2 is 1.86 bits per heavy atom. The third-order valence-corrected chi connectivity index (χ3v) is 4.90. The second-order valence-corrected chi connectivity index (χ2v) is 6.92. The number of para-hydroxylation sites is 1. The molecule has 0 spiro atoms. The highest BCUT2D eigenvalue weighted by Gasteiger charge is 2.37. The summed E-state index contributed by atoms with van der Waals surface area (Å²) in [6, 6.07) is 11.6. The van der Waals surface area contributed by atoms with Crippen molar-refractivity contribution in [2.75, 3.05) is 11.5 Å². The highest BCUT2D eigenvalue weighted by atomic mass is 79.9. The molecule has 0 saturated carbocycles. The van der Waals surface area contributed by atoms with Gasteiger partial charge >= 0.3 is 6.03 Å². The number of carbonyl (C=O) groups is 3. The Labute approximate surface area is 171 Å². The minimum absolute atomic E-state index is 0.110. The summed E-state index contributed by atoms with van der Waals surface area (Å²) in [6.07, 6.45) is 2.11. The lowest BCUT2D eigenvalue weighted by molar-refractivity contribution is -0.122. The summed E-state index contributed by atoms with van der Waals surface area (Å²) in [4.78, 5) is 38.7. The van der Waals surface area contributed by atoms with Gasteiger partial charge in [0.2, 0.25) is 0 Å². The number of rotatable bonds is 5. The number of nitrogens with one attached hydrogen (secondary N) is 1. The maximum absolute atomic E-state index is 13.0. The zero-order valence-electron chi connectivity index (χ0n) is 15.5. The van der Waals surface area contributed by atoms with E-state index in [0.29, 0.717) is 34.5 Å². The number of barbiturate groups is 1.